The van der Waals surface area contributed by atoms with Gasteiger partial charge in [0.25, 0.3) is 0 Å². The summed E-state index contributed by atoms with van der Waals surface area (Å²) in [4.78, 5) is 11.1. The van der Waals surface area contributed by atoms with Crippen LogP contribution in [-0.2, 0) is 0 Å². The first kappa shape index (κ1) is 13.0. The first-order valence-electron chi connectivity index (χ1n) is 6.25. The van der Waals surface area contributed by atoms with Crippen molar-refractivity contribution >= 4 is 28.5 Å². The van der Waals surface area contributed by atoms with Crippen LogP contribution in [0.1, 0.15) is 26.2 Å². The molecule has 17 heavy (non-hydrogen) atoms. The zero-order valence-electron chi connectivity index (χ0n) is 10.2. The lowest BCUT2D eigenvalue weighted by atomic mass is 10.2. The van der Waals surface area contributed by atoms with Gasteiger partial charge in [0.2, 0.25) is 5.95 Å². The topological polar surface area (TPSA) is 41.0 Å². The van der Waals surface area contributed by atoms with Gasteiger partial charge in [0, 0.05) is 35.1 Å². The van der Waals surface area contributed by atoms with Crippen molar-refractivity contribution < 1.29 is 0 Å². The summed E-state index contributed by atoms with van der Waals surface area (Å²) >= 11 is 2.24. The van der Waals surface area contributed by atoms with E-state index in [-0.39, 0.29) is 0 Å². The summed E-state index contributed by atoms with van der Waals surface area (Å²) in [6.45, 7) is 5.40. The number of aromatic nitrogens is 2. The Labute approximate surface area is 116 Å². The summed E-state index contributed by atoms with van der Waals surface area (Å²) in [6, 6.07) is 0.601. The molecule has 1 atom stereocenters. The maximum Gasteiger partial charge on any atom is 0.225 e. The van der Waals surface area contributed by atoms with E-state index in [9.17, 15) is 0 Å². The van der Waals surface area contributed by atoms with Gasteiger partial charge in [-0.2, -0.15) is 0 Å². The molecule has 1 fully saturated rings. The van der Waals surface area contributed by atoms with E-state index < -0.39 is 0 Å². The van der Waals surface area contributed by atoms with E-state index in [0.29, 0.717) is 6.04 Å². The van der Waals surface area contributed by atoms with Gasteiger partial charge in [0.15, 0.2) is 0 Å². The van der Waals surface area contributed by atoms with Crippen molar-refractivity contribution in [2.75, 3.05) is 24.5 Å². The lowest BCUT2D eigenvalue weighted by Crippen LogP contribution is -2.38. The highest BCUT2D eigenvalue weighted by molar-refractivity contribution is 14.1. The molecule has 1 aliphatic rings. The molecular weight excluding hydrogens is 327 g/mol. The minimum absolute atomic E-state index is 0.601. The highest BCUT2D eigenvalue weighted by Crippen LogP contribution is 2.13. The third-order valence-corrected chi connectivity index (χ3v) is 3.54. The summed E-state index contributed by atoms with van der Waals surface area (Å²) in [5.41, 5.74) is 0. The minimum atomic E-state index is 0.601. The average Bonchev–Trinajstić information content (AvgIpc) is 2.82. The Kier molecular flexibility index (Phi) is 4.97. The van der Waals surface area contributed by atoms with Crippen LogP contribution < -0.4 is 10.2 Å². The van der Waals surface area contributed by atoms with Gasteiger partial charge in [-0.3, -0.25) is 0 Å². The summed E-state index contributed by atoms with van der Waals surface area (Å²) in [5.74, 6) is 0.862. The fourth-order valence-corrected chi connectivity index (χ4v) is 2.47. The van der Waals surface area contributed by atoms with Crippen molar-refractivity contribution in [1.29, 1.82) is 0 Å². The molecule has 2 heterocycles. The molecule has 0 radical (unpaired) electrons. The molecule has 0 bridgehead atoms. The van der Waals surface area contributed by atoms with Crippen molar-refractivity contribution in [3.05, 3.63) is 16.0 Å². The highest BCUT2D eigenvalue weighted by Gasteiger charge is 2.18. The van der Waals surface area contributed by atoms with Crippen LogP contribution in [0.15, 0.2) is 12.4 Å². The van der Waals surface area contributed by atoms with Crippen LogP contribution in [0.2, 0.25) is 0 Å². The molecule has 1 aliphatic heterocycles. The van der Waals surface area contributed by atoms with E-state index in [2.05, 4.69) is 49.7 Å². The van der Waals surface area contributed by atoms with E-state index in [1.165, 1.54) is 12.8 Å². The van der Waals surface area contributed by atoms with Crippen LogP contribution in [0.4, 0.5) is 5.95 Å². The molecule has 94 valence electrons. The SMILES string of the molecule is CCCN(CC1CCCN1)c1ncc(I)cn1. The molecule has 1 aromatic rings. The normalized spacial score (nSPS) is 19.5. The molecular formula is C12H19IN4. The molecule has 4 nitrogen and oxygen atoms in total. The standard InChI is InChI=1S/C12H19IN4/c1-2-6-17(9-11-4-3-5-14-11)12-15-7-10(13)8-16-12/h7-8,11,14H,2-6,9H2,1H3. The number of hydrogen-bond donors (Lipinski definition) is 1. The largest absolute Gasteiger partial charge is 0.339 e. The first-order valence-corrected chi connectivity index (χ1v) is 7.33. The molecule has 5 heteroatoms. The quantitative estimate of drug-likeness (QED) is 0.829. The molecule has 1 saturated heterocycles. The lowest BCUT2D eigenvalue weighted by Gasteiger charge is -2.25. The van der Waals surface area contributed by atoms with Gasteiger partial charge in [0.1, 0.15) is 0 Å². The Hall–Kier alpha value is -0.430. The summed E-state index contributed by atoms with van der Waals surface area (Å²) in [7, 11) is 0. The zero-order valence-corrected chi connectivity index (χ0v) is 12.4. The Morgan fingerprint density at radius 1 is 1.47 bits per heavy atom. The van der Waals surface area contributed by atoms with E-state index in [1.807, 2.05) is 12.4 Å². The Morgan fingerprint density at radius 3 is 2.82 bits per heavy atom. The van der Waals surface area contributed by atoms with Crippen LogP contribution >= 0.6 is 22.6 Å². The van der Waals surface area contributed by atoms with E-state index >= 15 is 0 Å². The van der Waals surface area contributed by atoms with Gasteiger partial charge in [-0.05, 0) is 48.4 Å². The van der Waals surface area contributed by atoms with Crippen molar-refractivity contribution in [2.24, 2.45) is 0 Å². The monoisotopic (exact) mass is 346 g/mol. The Morgan fingerprint density at radius 2 is 2.24 bits per heavy atom. The van der Waals surface area contributed by atoms with Gasteiger partial charge < -0.3 is 10.2 Å². The van der Waals surface area contributed by atoms with Crippen LogP contribution in [0, 0.1) is 3.57 Å². The van der Waals surface area contributed by atoms with Crippen LogP contribution in [0.3, 0.4) is 0 Å². The molecule has 1 aromatic heterocycles. The Balaban J connectivity index is 2.02. The minimum Gasteiger partial charge on any atom is -0.339 e. The van der Waals surface area contributed by atoms with E-state index in [0.717, 1.165) is 35.6 Å². The van der Waals surface area contributed by atoms with E-state index in [4.69, 9.17) is 0 Å². The summed E-state index contributed by atoms with van der Waals surface area (Å²) < 4.78 is 1.08. The number of hydrogen-bond acceptors (Lipinski definition) is 4. The molecule has 1 N–H and O–H groups in total. The number of nitrogens with zero attached hydrogens (tertiary/aromatic N) is 3. The highest BCUT2D eigenvalue weighted by atomic mass is 127. The molecule has 1 unspecified atom stereocenters. The third kappa shape index (κ3) is 3.77. The van der Waals surface area contributed by atoms with Gasteiger partial charge in [-0.15, -0.1) is 0 Å². The number of nitrogens with one attached hydrogen (secondary N) is 1. The van der Waals surface area contributed by atoms with Gasteiger partial charge in [-0.1, -0.05) is 6.92 Å². The predicted octanol–water partition coefficient (Wildman–Crippen LogP) is 2.05. The molecule has 0 aliphatic carbocycles. The average molecular weight is 346 g/mol. The first-order chi connectivity index (χ1) is 8.29. The van der Waals surface area contributed by atoms with Gasteiger partial charge in [0.05, 0.1) is 0 Å². The lowest BCUT2D eigenvalue weighted by molar-refractivity contribution is 0.571. The second kappa shape index (κ2) is 6.49. The van der Waals surface area contributed by atoms with Gasteiger partial charge >= 0.3 is 0 Å². The second-order valence-corrected chi connectivity index (χ2v) is 5.69. The van der Waals surface area contributed by atoms with Crippen molar-refractivity contribution in [2.45, 2.75) is 32.2 Å². The molecule has 0 amide bonds. The van der Waals surface area contributed by atoms with E-state index in [1.54, 1.807) is 0 Å². The van der Waals surface area contributed by atoms with Crippen molar-refractivity contribution in [1.82, 2.24) is 15.3 Å². The maximum atomic E-state index is 4.42. The zero-order chi connectivity index (χ0) is 12.1. The summed E-state index contributed by atoms with van der Waals surface area (Å²) in [6.07, 6.45) is 7.45. The predicted molar refractivity (Wildman–Crippen MR) is 78.3 cm³/mol. The third-order valence-electron chi connectivity index (χ3n) is 2.99. The van der Waals surface area contributed by atoms with Gasteiger partial charge in [-0.25, -0.2) is 9.97 Å². The fraction of sp³-hybridized carbons (Fsp3) is 0.667. The molecule has 0 spiro atoms. The Bertz CT molecular complexity index is 335. The molecule has 0 saturated carbocycles. The van der Waals surface area contributed by atoms with Crippen LogP contribution in [-0.4, -0.2) is 35.6 Å². The number of halogens is 1. The smallest absolute Gasteiger partial charge is 0.225 e. The number of anilines is 1. The number of rotatable bonds is 5. The maximum absolute atomic E-state index is 4.42. The van der Waals surface area contributed by atoms with Crippen LogP contribution in [0.5, 0.6) is 0 Å². The molecule has 2 rings (SSSR count). The van der Waals surface area contributed by atoms with Crippen LogP contribution in [0.25, 0.3) is 0 Å². The second-order valence-electron chi connectivity index (χ2n) is 4.44. The van der Waals surface area contributed by atoms with Crippen molar-refractivity contribution in [3.63, 3.8) is 0 Å². The van der Waals surface area contributed by atoms with Crippen molar-refractivity contribution in [3.8, 4) is 0 Å². The fourth-order valence-electron chi connectivity index (χ4n) is 2.19. The molecule has 0 aromatic carbocycles. The summed E-state index contributed by atoms with van der Waals surface area (Å²) in [5, 5.41) is 3.53.